The SMILES string of the molecule is O=C(CCl)[C@@H]1CC(O)CN1C(=O)O. The van der Waals surface area contributed by atoms with Gasteiger partial charge in [0.2, 0.25) is 0 Å². The van der Waals surface area contributed by atoms with E-state index >= 15 is 0 Å². The van der Waals surface area contributed by atoms with Gasteiger partial charge in [-0.2, -0.15) is 0 Å². The first-order chi connectivity index (χ1) is 6.06. The fraction of sp³-hybridized carbons (Fsp3) is 0.714. The lowest BCUT2D eigenvalue weighted by Gasteiger charge is -2.18. The largest absolute Gasteiger partial charge is 0.465 e. The van der Waals surface area contributed by atoms with Crippen LogP contribution in [0, 0.1) is 0 Å². The number of hydrogen-bond acceptors (Lipinski definition) is 3. The molecule has 1 aliphatic rings. The van der Waals surface area contributed by atoms with Crippen molar-refractivity contribution < 1.29 is 19.8 Å². The van der Waals surface area contributed by atoms with E-state index in [0.29, 0.717) is 0 Å². The molecule has 1 fully saturated rings. The van der Waals surface area contributed by atoms with Gasteiger partial charge in [-0.3, -0.25) is 9.69 Å². The summed E-state index contributed by atoms with van der Waals surface area (Å²) in [7, 11) is 0. The number of nitrogens with zero attached hydrogens (tertiary/aromatic N) is 1. The van der Waals surface area contributed by atoms with Crippen LogP contribution in [0.15, 0.2) is 0 Å². The van der Waals surface area contributed by atoms with Crippen molar-refractivity contribution in [1.82, 2.24) is 4.90 Å². The topological polar surface area (TPSA) is 77.8 Å². The predicted molar refractivity (Wildman–Crippen MR) is 44.9 cm³/mol. The number of Topliss-reactive ketones (excluding diaryl/α,β-unsaturated/α-hetero) is 1. The standard InChI is InChI=1S/C7H10ClNO4/c8-2-6(11)5-1-4(10)3-9(5)7(12)13/h4-5,10H,1-3H2,(H,12,13)/t4?,5-/m0/s1. The van der Waals surface area contributed by atoms with Gasteiger partial charge in [-0.15, -0.1) is 11.6 Å². The van der Waals surface area contributed by atoms with Crippen LogP contribution in [-0.2, 0) is 4.79 Å². The van der Waals surface area contributed by atoms with Gasteiger partial charge in [-0.1, -0.05) is 0 Å². The van der Waals surface area contributed by atoms with Crippen molar-refractivity contribution in [3.63, 3.8) is 0 Å². The van der Waals surface area contributed by atoms with E-state index in [-0.39, 0.29) is 24.6 Å². The summed E-state index contributed by atoms with van der Waals surface area (Å²) in [5.74, 6) is -0.582. The van der Waals surface area contributed by atoms with Crippen molar-refractivity contribution in [2.75, 3.05) is 12.4 Å². The molecule has 1 saturated heterocycles. The zero-order valence-corrected chi connectivity index (χ0v) is 7.57. The van der Waals surface area contributed by atoms with Crippen LogP contribution in [0.2, 0.25) is 0 Å². The van der Waals surface area contributed by atoms with Gasteiger partial charge in [-0.05, 0) is 0 Å². The molecule has 0 spiro atoms. The molecule has 74 valence electrons. The second-order valence-electron chi connectivity index (χ2n) is 2.94. The van der Waals surface area contributed by atoms with E-state index in [0.717, 1.165) is 4.90 Å². The molecule has 1 amide bonds. The Balaban J connectivity index is 2.71. The molecule has 6 heteroatoms. The molecule has 2 N–H and O–H groups in total. The third-order valence-corrected chi connectivity index (χ3v) is 2.29. The van der Waals surface area contributed by atoms with E-state index < -0.39 is 18.2 Å². The second kappa shape index (κ2) is 3.93. The summed E-state index contributed by atoms with van der Waals surface area (Å²) in [6, 6.07) is -0.773. The molecule has 5 nitrogen and oxygen atoms in total. The second-order valence-corrected chi connectivity index (χ2v) is 3.21. The Kier molecular flexibility index (Phi) is 3.11. The smallest absolute Gasteiger partial charge is 0.408 e. The number of carbonyl (C=O) groups is 2. The Morgan fingerprint density at radius 1 is 1.54 bits per heavy atom. The number of alkyl halides is 1. The van der Waals surface area contributed by atoms with Gasteiger partial charge in [0.1, 0.15) is 0 Å². The number of β-amino-alcohol motifs (C(OH)–C–C–N with tert-alkyl or cyclic N) is 1. The minimum absolute atomic E-state index is 0.0113. The molecule has 0 aromatic rings. The van der Waals surface area contributed by atoms with E-state index in [1.807, 2.05) is 0 Å². The molecule has 0 bridgehead atoms. The van der Waals surface area contributed by atoms with E-state index in [2.05, 4.69) is 0 Å². The Hall–Kier alpha value is -0.810. The van der Waals surface area contributed by atoms with Crippen LogP contribution in [0.1, 0.15) is 6.42 Å². The van der Waals surface area contributed by atoms with Crippen LogP contribution in [0.4, 0.5) is 4.79 Å². The number of likely N-dealkylation sites (tertiary alicyclic amines) is 1. The number of halogens is 1. The van der Waals surface area contributed by atoms with Crippen LogP contribution >= 0.6 is 11.6 Å². The third-order valence-electron chi connectivity index (χ3n) is 2.03. The summed E-state index contributed by atoms with van der Waals surface area (Å²) < 4.78 is 0. The number of rotatable bonds is 2. The molecular weight excluding hydrogens is 198 g/mol. The first kappa shape index (κ1) is 10.3. The summed E-state index contributed by atoms with van der Waals surface area (Å²) in [5.41, 5.74) is 0. The maximum atomic E-state index is 11.1. The Morgan fingerprint density at radius 2 is 2.15 bits per heavy atom. The fourth-order valence-corrected chi connectivity index (χ4v) is 1.60. The zero-order valence-electron chi connectivity index (χ0n) is 6.81. The molecule has 0 aliphatic carbocycles. The highest BCUT2D eigenvalue weighted by Crippen LogP contribution is 2.18. The number of aliphatic hydroxyl groups is 1. The molecule has 0 aromatic heterocycles. The van der Waals surface area contributed by atoms with Gasteiger partial charge in [0, 0.05) is 6.42 Å². The van der Waals surface area contributed by atoms with Gasteiger partial charge in [0.25, 0.3) is 0 Å². The van der Waals surface area contributed by atoms with Crippen LogP contribution in [0.3, 0.4) is 0 Å². The molecule has 2 atom stereocenters. The van der Waals surface area contributed by atoms with Crippen molar-refractivity contribution in [2.24, 2.45) is 0 Å². The number of ketones is 1. The Bertz CT molecular complexity index is 233. The van der Waals surface area contributed by atoms with E-state index in [9.17, 15) is 9.59 Å². The fourth-order valence-electron chi connectivity index (χ4n) is 1.42. The average Bonchev–Trinajstić information content (AvgIpc) is 2.46. The van der Waals surface area contributed by atoms with Gasteiger partial charge >= 0.3 is 6.09 Å². The zero-order chi connectivity index (χ0) is 10.0. The molecule has 0 aromatic carbocycles. The van der Waals surface area contributed by atoms with Crippen molar-refractivity contribution in [2.45, 2.75) is 18.6 Å². The van der Waals surface area contributed by atoms with Crippen molar-refractivity contribution in [3.05, 3.63) is 0 Å². The molecule has 1 heterocycles. The number of amides is 1. The average molecular weight is 208 g/mol. The van der Waals surface area contributed by atoms with Crippen molar-refractivity contribution >= 4 is 23.5 Å². The third kappa shape index (κ3) is 2.10. The van der Waals surface area contributed by atoms with E-state index in [1.165, 1.54) is 0 Å². The minimum atomic E-state index is -1.19. The van der Waals surface area contributed by atoms with Crippen molar-refractivity contribution in [1.29, 1.82) is 0 Å². The number of carboxylic acid groups (broad SMARTS) is 1. The monoisotopic (exact) mass is 207 g/mol. The number of hydrogen-bond donors (Lipinski definition) is 2. The van der Waals surface area contributed by atoms with Gasteiger partial charge in [0.15, 0.2) is 5.78 Å². The minimum Gasteiger partial charge on any atom is -0.465 e. The summed E-state index contributed by atoms with van der Waals surface area (Å²) in [4.78, 5) is 22.6. The highest BCUT2D eigenvalue weighted by molar-refractivity contribution is 6.28. The molecule has 0 saturated carbocycles. The summed E-state index contributed by atoms with van der Waals surface area (Å²) in [6.45, 7) is -0.0113. The lowest BCUT2D eigenvalue weighted by Crippen LogP contribution is -2.40. The highest BCUT2D eigenvalue weighted by atomic mass is 35.5. The van der Waals surface area contributed by atoms with Crippen LogP contribution in [0.5, 0.6) is 0 Å². The van der Waals surface area contributed by atoms with Crippen LogP contribution in [-0.4, -0.2) is 51.6 Å². The number of aliphatic hydroxyl groups excluding tert-OH is 1. The summed E-state index contributed by atoms with van der Waals surface area (Å²) in [6.07, 6.45) is -1.80. The van der Waals surface area contributed by atoms with Gasteiger partial charge in [0.05, 0.1) is 24.6 Å². The lowest BCUT2D eigenvalue weighted by atomic mass is 10.1. The lowest BCUT2D eigenvalue weighted by molar-refractivity contribution is -0.120. The van der Waals surface area contributed by atoms with E-state index in [1.54, 1.807) is 0 Å². The normalized spacial score (nSPS) is 27.7. The molecule has 0 radical (unpaired) electrons. The van der Waals surface area contributed by atoms with E-state index in [4.69, 9.17) is 21.8 Å². The maximum absolute atomic E-state index is 11.1. The number of carbonyl (C=O) groups excluding carboxylic acids is 1. The summed E-state index contributed by atoms with van der Waals surface area (Å²) >= 11 is 5.30. The predicted octanol–water partition coefficient (Wildman–Crippen LogP) is -0.0925. The molecule has 1 unspecified atom stereocenters. The van der Waals surface area contributed by atoms with Gasteiger partial charge in [-0.25, -0.2) is 4.79 Å². The highest BCUT2D eigenvalue weighted by Gasteiger charge is 2.38. The van der Waals surface area contributed by atoms with Crippen LogP contribution in [0.25, 0.3) is 0 Å². The molecule has 1 rings (SSSR count). The Morgan fingerprint density at radius 3 is 2.62 bits per heavy atom. The molecule has 1 aliphatic heterocycles. The van der Waals surface area contributed by atoms with Crippen molar-refractivity contribution in [3.8, 4) is 0 Å². The summed E-state index contributed by atoms with van der Waals surface area (Å²) in [5, 5.41) is 17.8. The Labute approximate surface area is 79.9 Å². The van der Waals surface area contributed by atoms with Gasteiger partial charge < -0.3 is 10.2 Å². The van der Waals surface area contributed by atoms with Crippen LogP contribution < -0.4 is 0 Å². The molecular formula is C7H10ClNO4. The first-order valence-electron chi connectivity index (χ1n) is 3.82. The maximum Gasteiger partial charge on any atom is 0.408 e. The molecule has 13 heavy (non-hydrogen) atoms. The quantitative estimate of drug-likeness (QED) is 0.621. The first-order valence-corrected chi connectivity index (χ1v) is 4.36.